The Morgan fingerprint density at radius 3 is 2.60 bits per heavy atom. The lowest BCUT2D eigenvalue weighted by atomic mass is 10.1. The Hall–Kier alpha value is -2.64. The number of nitrogens with zero attached hydrogens (tertiary/aromatic N) is 1. The first-order chi connectivity index (χ1) is 9.78. The van der Waals surface area contributed by atoms with Gasteiger partial charge in [0.1, 0.15) is 0 Å². The van der Waals surface area contributed by atoms with E-state index in [1.807, 2.05) is 35.7 Å². The van der Waals surface area contributed by atoms with Gasteiger partial charge in [-0.3, -0.25) is 4.79 Å². The molecule has 0 aliphatic rings. The van der Waals surface area contributed by atoms with E-state index in [1.54, 1.807) is 35.6 Å². The average molecular weight is 278 g/mol. The van der Waals surface area contributed by atoms with Crippen molar-refractivity contribution in [1.82, 2.24) is 0 Å². The summed E-state index contributed by atoms with van der Waals surface area (Å²) in [7, 11) is 0. The minimum atomic E-state index is -0.132. The van der Waals surface area contributed by atoms with E-state index in [4.69, 9.17) is 5.26 Å². The van der Waals surface area contributed by atoms with Crippen molar-refractivity contribution in [3.8, 4) is 6.07 Å². The maximum atomic E-state index is 12.3. The van der Waals surface area contributed by atoms with Crippen LogP contribution in [0.4, 0.5) is 5.69 Å². The van der Waals surface area contributed by atoms with Crippen molar-refractivity contribution in [3.05, 3.63) is 65.0 Å². The number of carbonyl (C=O) groups excluding carboxylic acids is 1. The summed E-state index contributed by atoms with van der Waals surface area (Å²) in [5, 5.41) is 14.4. The third-order valence-electron chi connectivity index (χ3n) is 3.00. The standard InChI is InChI=1S/C16H10N2OS/c17-9-11-5-7-12(8-6-11)18-16(19)14-10-20-15-4-2-1-3-13(14)15/h1-8,10H,(H,18,19). The molecule has 0 unspecified atom stereocenters. The molecule has 1 amide bonds. The van der Waals surface area contributed by atoms with Crippen molar-refractivity contribution in [1.29, 1.82) is 5.26 Å². The van der Waals surface area contributed by atoms with Gasteiger partial charge in [-0.25, -0.2) is 0 Å². The summed E-state index contributed by atoms with van der Waals surface area (Å²) >= 11 is 1.56. The highest BCUT2D eigenvalue weighted by molar-refractivity contribution is 7.17. The molecule has 2 aromatic carbocycles. The Morgan fingerprint density at radius 1 is 1.10 bits per heavy atom. The number of rotatable bonds is 2. The second-order valence-corrected chi connectivity index (χ2v) is 5.20. The van der Waals surface area contributed by atoms with Gasteiger partial charge in [-0.1, -0.05) is 18.2 Å². The lowest BCUT2D eigenvalue weighted by Crippen LogP contribution is -2.11. The van der Waals surface area contributed by atoms with Crippen LogP contribution in [0.25, 0.3) is 10.1 Å². The number of amides is 1. The van der Waals surface area contributed by atoms with Crippen LogP contribution in [0, 0.1) is 11.3 Å². The predicted octanol–water partition coefficient (Wildman–Crippen LogP) is 4.03. The van der Waals surface area contributed by atoms with Gasteiger partial charge in [-0.2, -0.15) is 5.26 Å². The molecule has 3 aromatic rings. The summed E-state index contributed by atoms with van der Waals surface area (Å²) in [6, 6.07) is 16.7. The van der Waals surface area contributed by atoms with Gasteiger partial charge in [0, 0.05) is 21.2 Å². The molecule has 0 aliphatic carbocycles. The van der Waals surface area contributed by atoms with E-state index >= 15 is 0 Å². The van der Waals surface area contributed by atoms with Crippen molar-refractivity contribution in [2.75, 3.05) is 5.32 Å². The summed E-state index contributed by atoms with van der Waals surface area (Å²) in [5.41, 5.74) is 1.93. The third-order valence-corrected chi connectivity index (χ3v) is 3.96. The molecule has 0 radical (unpaired) electrons. The first kappa shape index (κ1) is 12.4. The van der Waals surface area contributed by atoms with Gasteiger partial charge < -0.3 is 5.32 Å². The largest absolute Gasteiger partial charge is 0.322 e. The highest BCUT2D eigenvalue weighted by Gasteiger charge is 2.11. The van der Waals surface area contributed by atoms with Crippen molar-refractivity contribution in [3.63, 3.8) is 0 Å². The van der Waals surface area contributed by atoms with Crippen LogP contribution in [-0.4, -0.2) is 5.91 Å². The van der Waals surface area contributed by atoms with Gasteiger partial charge in [0.2, 0.25) is 0 Å². The smallest absolute Gasteiger partial charge is 0.257 e. The summed E-state index contributed by atoms with van der Waals surface area (Å²) < 4.78 is 1.09. The monoisotopic (exact) mass is 278 g/mol. The van der Waals surface area contributed by atoms with Gasteiger partial charge >= 0.3 is 0 Å². The van der Waals surface area contributed by atoms with E-state index in [1.165, 1.54) is 0 Å². The molecule has 1 aromatic heterocycles. The highest BCUT2D eigenvalue weighted by atomic mass is 32.1. The van der Waals surface area contributed by atoms with Gasteiger partial charge in [0.25, 0.3) is 5.91 Å². The van der Waals surface area contributed by atoms with Gasteiger partial charge in [0.05, 0.1) is 17.2 Å². The number of thiophene rings is 1. The fraction of sp³-hybridized carbons (Fsp3) is 0. The molecular weight excluding hydrogens is 268 g/mol. The van der Waals surface area contributed by atoms with Crippen LogP contribution in [-0.2, 0) is 0 Å². The highest BCUT2D eigenvalue weighted by Crippen LogP contribution is 2.26. The topological polar surface area (TPSA) is 52.9 Å². The van der Waals surface area contributed by atoms with Crippen LogP contribution in [0.2, 0.25) is 0 Å². The van der Waals surface area contributed by atoms with E-state index in [0.717, 1.165) is 10.1 Å². The van der Waals surface area contributed by atoms with Gasteiger partial charge in [0.15, 0.2) is 0 Å². The van der Waals surface area contributed by atoms with Crippen molar-refractivity contribution in [2.24, 2.45) is 0 Å². The molecule has 96 valence electrons. The second kappa shape index (κ2) is 5.16. The molecule has 1 N–H and O–H groups in total. The summed E-state index contributed by atoms with van der Waals surface area (Å²) in [4.78, 5) is 12.3. The quantitative estimate of drug-likeness (QED) is 0.769. The number of hydrogen-bond acceptors (Lipinski definition) is 3. The first-order valence-corrected chi connectivity index (χ1v) is 6.93. The van der Waals surface area contributed by atoms with Crippen molar-refractivity contribution in [2.45, 2.75) is 0 Å². The van der Waals surface area contributed by atoms with Crippen LogP contribution < -0.4 is 5.32 Å². The van der Waals surface area contributed by atoms with E-state index in [2.05, 4.69) is 5.32 Å². The van der Waals surface area contributed by atoms with Crippen molar-refractivity contribution >= 4 is 33.0 Å². The van der Waals surface area contributed by atoms with E-state index in [9.17, 15) is 4.79 Å². The Kier molecular flexibility index (Phi) is 3.20. The molecule has 0 atom stereocenters. The maximum Gasteiger partial charge on any atom is 0.257 e. The first-order valence-electron chi connectivity index (χ1n) is 6.05. The Balaban J connectivity index is 1.87. The fourth-order valence-corrected chi connectivity index (χ4v) is 2.92. The van der Waals surface area contributed by atoms with Crippen LogP contribution >= 0.6 is 11.3 Å². The van der Waals surface area contributed by atoms with E-state index < -0.39 is 0 Å². The van der Waals surface area contributed by atoms with Gasteiger partial charge in [-0.05, 0) is 30.3 Å². The molecule has 20 heavy (non-hydrogen) atoms. The molecule has 0 fully saturated rings. The molecule has 0 saturated heterocycles. The molecule has 1 heterocycles. The third kappa shape index (κ3) is 2.27. The molecule has 3 rings (SSSR count). The summed E-state index contributed by atoms with van der Waals surface area (Å²) in [5.74, 6) is -0.132. The number of nitrogens with one attached hydrogen (secondary N) is 1. The number of nitriles is 1. The minimum absolute atomic E-state index is 0.132. The van der Waals surface area contributed by atoms with Crippen LogP contribution in [0.5, 0.6) is 0 Å². The lowest BCUT2D eigenvalue weighted by molar-refractivity contribution is 0.102. The molecular formula is C16H10N2OS. The average Bonchev–Trinajstić information content (AvgIpc) is 2.92. The van der Waals surface area contributed by atoms with E-state index in [0.29, 0.717) is 16.8 Å². The molecule has 0 aliphatic heterocycles. The maximum absolute atomic E-state index is 12.3. The number of benzene rings is 2. The van der Waals surface area contributed by atoms with E-state index in [-0.39, 0.29) is 5.91 Å². The Bertz CT molecular complexity index is 812. The minimum Gasteiger partial charge on any atom is -0.322 e. The number of fused-ring (bicyclic) bond motifs is 1. The number of hydrogen-bond donors (Lipinski definition) is 1. The molecule has 0 saturated carbocycles. The van der Waals surface area contributed by atoms with Gasteiger partial charge in [-0.15, -0.1) is 11.3 Å². The number of carbonyl (C=O) groups is 1. The number of anilines is 1. The molecule has 0 spiro atoms. The Labute approximate surface area is 120 Å². The zero-order valence-corrected chi connectivity index (χ0v) is 11.3. The fourth-order valence-electron chi connectivity index (χ4n) is 1.98. The second-order valence-electron chi connectivity index (χ2n) is 4.29. The normalized spacial score (nSPS) is 10.2. The van der Waals surface area contributed by atoms with Crippen LogP contribution in [0.15, 0.2) is 53.9 Å². The van der Waals surface area contributed by atoms with Crippen molar-refractivity contribution < 1.29 is 4.79 Å². The zero-order chi connectivity index (χ0) is 13.9. The SMILES string of the molecule is N#Cc1ccc(NC(=O)c2csc3ccccc23)cc1. The lowest BCUT2D eigenvalue weighted by Gasteiger charge is -2.04. The molecule has 4 heteroatoms. The predicted molar refractivity (Wildman–Crippen MR) is 80.9 cm³/mol. The Morgan fingerprint density at radius 2 is 1.85 bits per heavy atom. The van der Waals surface area contributed by atoms with Crippen LogP contribution in [0.3, 0.4) is 0 Å². The molecule has 0 bridgehead atoms. The zero-order valence-electron chi connectivity index (χ0n) is 10.5. The summed E-state index contributed by atoms with van der Waals surface area (Å²) in [6.45, 7) is 0. The molecule has 3 nitrogen and oxygen atoms in total. The van der Waals surface area contributed by atoms with Crippen LogP contribution in [0.1, 0.15) is 15.9 Å². The summed E-state index contributed by atoms with van der Waals surface area (Å²) in [6.07, 6.45) is 0.